The monoisotopic (exact) mass is 463 g/mol. The van der Waals surface area contributed by atoms with Crippen molar-refractivity contribution in [1.29, 1.82) is 5.26 Å². The molecule has 3 aromatic rings. The molecule has 8 heteroatoms. The second kappa shape index (κ2) is 8.65. The lowest BCUT2D eigenvalue weighted by molar-refractivity contribution is -0.151. The number of nitriles is 1. The molecule has 7 nitrogen and oxygen atoms in total. The number of ether oxygens (including phenoxy) is 1. The fraction of sp³-hybridized carbons (Fsp3) is 0.360. The first-order valence-electron chi connectivity index (χ1n) is 11.2. The minimum Gasteiger partial charge on any atom is -0.460 e. The van der Waals surface area contributed by atoms with Gasteiger partial charge in [-0.1, -0.05) is 12.1 Å². The molecule has 1 fully saturated rings. The van der Waals surface area contributed by atoms with E-state index in [1.54, 1.807) is 12.3 Å². The number of aryl methyl sites for hydroxylation is 2. The van der Waals surface area contributed by atoms with Crippen LogP contribution in [0.25, 0.3) is 5.52 Å². The molecule has 0 radical (unpaired) electrons. The van der Waals surface area contributed by atoms with E-state index in [1.807, 2.05) is 40.9 Å². The van der Waals surface area contributed by atoms with Crippen LogP contribution in [0.4, 0.5) is 0 Å². The van der Waals surface area contributed by atoms with Crippen LogP contribution in [0.2, 0.25) is 0 Å². The normalized spacial score (nSPS) is 17.1. The largest absolute Gasteiger partial charge is 0.460 e. The third-order valence-corrected chi connectivity index (χ3v) is 8.63. The average Bonchev–Trinajstić information content (AvgIpc) is 3.46. The number of nitrogens with zero attached hydrogens (tertiary/aromatic N) is 3. The molecule has 1 saturated heterocycles. The van der Waals surface area contributed by atoms with Gasteiger partial charge in [-0.3, -0.25) is 4.79 Å². The minimum absolute atomic E-state index is 0.0248. The Labute approximate surface area is 193 Å². The Kier molecular flexibility index (Phi) is 5.69. The quantitative estimate of drug-likeness (QED) is 0.541. The molecule has 3 heterocycles. The van der Waals surface area contributed by atoms with E-state index >= 15 is 0 Å². The zero-order valence-corrected chi connectivity index (χ0v) is 19.1. The Balaban J connectivity index is 1.21. The van der Waals surface area contributed by atoms with Gasteiger partial charge < -0.3 is 9.14 Å². The molecule has 0 bridgehead atoms. The summed E-state index contributed by atoms with van der Waals surface area (Å²) in [5.41, 5.74) is 4.30. The summed E-state index contributed by atoms with van der Waals surface area (Å²) in [5, 5.41) is 9.50. The maximum absolute atomic E-state index is 13.1. The molecule has 0 N–H and O–H groups in total. The Bertz CT molecular complexity index is 1360. The first kappa shape index (κ1) is 21.7. The summed E-state index contributed by atoms with van der Waals surface area (Å²) in [5.74, 6) is -0.692. The second-order valence-electron chi connectivity index (χ2n) is 8.70. The first-order valence-corrected chi connectivity index (χ1v) is 12.7. The summed E-state index contributed by atoms with van der Waals surface area (Å²) in [6.45, 7) is 0.606. The van der Waals surface area contributed by atoms with E-state index in [0.29, 0.717) is 42.0 Å². The molecule has 0 spiro atoms. The number of carbonyl (C=O) groups excluding carboxylic acids is 1. The van der Waals surface area contributed by atoms with Gasteiger partial charge in [-0.05, 0) is 67.5 Å². The number of benzene rings is 1. The fourth-order valence-corrected chi connectivity index (χ4v) is 6.39. The van der Waals surface area contributed by atoms with Crippen LogP contribution in [0.15, 0.2) is 53.7 Å². The van der Waals surface area contributed by atoms with E-state index in [4.69, 9.17) is 4.74 Å². The summed E-state index contributed by atoms with van der Waals surface area (Å²) < 4.78 is 35.0. The van der Waals surface area contributed by atoms with Crippen molar-refractivity contribution in [3.05, 3.63) is 71.0 Å². The minimum atomic E-state index is -3.57. The zero-order chi connectivity index (χ0) is 23.0. The third kappa shape index (κ3) is 4.03. The van der Waals surface area contributed by atoms with Crippen LogP contribution in [0.1, 0.15) is 41.5 Å². The fourth-order valence-electron chi connectivity index (χ4n) is 4.87. The van der Waals surface area contributed by atoms with Crippen molar-refractivity contribution in [3.8, 4) is 6.07 Å². The average molecular weight is 464 g/mol. The Morgan fingerprint density at radius 3 is 2.70 bits per heavy atom. The van der Waals surface area contributed by atoms with Crippen molar-refractivity contribution in [3.63, 3.8) is 0 Å². The molecule has 33 heavy (non-hydrogen) atoms. The topological polar surface area (TPSA) is 91.9 Å². The maximum atomic E-state index is 13.1. The van der Waals surface area contributed by atoms with E-state index in [9.17, 15) is 18.5 Å². The van der Waals surface area contributed by atoms with E-state index in [0.717, 1.165) is 30.3 Å². The third-order valence-electron chi connectivity index (χ3n) is 6.74. The van der Waals surface area contributed by atoms with Gasteiger partial charge >= 0.3 is 5.97 Å². The van der Waals surface area contributed by atoms with Crippen LogP contribution in [0.5, 0.6) is 0 Å². The summed E-state index contributed by atoms with van der Waals surface area (Å²) in [6.07, 6.45) is 7.50. The van der Waals surface area contributed by atoms with Crippen LogP contribution in [-0.4, -0.2) is 36.2 Å². The lowest BCUT2D eigenvalue weighted by Crippen LogP contribution is -2.40. The molecule has 0 atom stereocenters. The Morgan fingerprint density at radius 1 is 1.12 bits per heavy atom. The number of rotatable bonds is 5. The van der Waals surface area contributed by atoms with Gasteiger partial charge in [-0.2, -0.15) is 9.57 Å². The zero-order valence-electron chi connectivity index (χ0n) is 18.2. The second-order valence-corrected chi connectivity index (χ2v) is 10.6. The predicted octanol–water partition coefficient (Wildman–Crippen LogP) is 3.44. The number of esters is 1. The summed E-state index contributed by atoms with van der Waals surface area (Å²) in [4.78, 5) is 13.0. The Hall–Kier alpha value is -3.15. The number of aromatic nitrogens is 1. The van der Waals surface area contributed by atoms with Crippen molar-refractivity contribution in [2.24, 2.45) is 5.92 Å². The maximum Gasteiger partial charge on any atom is 0.309 e. The molecular formula is C25H25N3O4S. The molecule has 2 aliphatic rings. The SMILES string of the molecule is N#Cc1c(COC(=O)C2CCN(S(=O)(=O)c3ccc4c(c3)CCC4)CC2)cn2ccccc12. The van der Waals surface area contributed by atoms with E-state index in [-0.39, 0.29) is 18.5 Å². The number of sulfonamides is 1. The number of hydrogen-bond donors (Lipinski definition) is 0. The van der Waals surface area contributed by atoms with Gasteiger partial charge in [0, 0.05) is 31.0 Å². The van der Waals surface area contributed by atoms with E-state index < -0.39 is 10.0 Å². The smallest absolute Gasteiger partial charge is 0.309 e. The molecular weight excluding hydrogens is 438 g/mol. The molecule has 1 aliphatic heterocycles. The van der Waals surface area contributed by atoms with Crippen molar-refractivity contribution in [2.45, 2.75) is 43.6 Å². The molecule has 170 valence electrons. The van der Waals surface area contributed by atoms with Crippen molar-refractivity contribution >= 4 is 21.5 Å². The van der Waals surface area contributed by atoms with Crippen LogP contribution < -0.4 is 0 Å². The van der Waals surface area contributed by atoms with Gasteiger partial charge in [-0.15, -0.1) is 0 Å². The van der Waals surface area contributed by atoms with Gasteiger partial charge in [0.15, 0.2) is 0 Å². The summed E-state index contributed by atoms with van der Waals surface area (Å²) in [7, 11) is -3.57. The molecule has 0 amide bonds. The number of hydrogen-bond acceptors (Lipinski definition) is 5. The van der Waals surface area contributed by atoms with Gasteiger partial charge in [-0.25, -0.2) is 8.42 Å². The highest BCUT2D eigenvalue weighted by Gasteiger charge is 2.33. The molecule has 5 rings (SSSR count). The lowest BCUT2D eigenvalue weighted by atomic mass is 9.98. The van der Waals surface area contributed by atoms with Crippen molar-refractivity contribution in [2.75, 3.05) is 13.1 Å². The van der Waals surface area contributed by atoms with Crippen LogP contribution >= 0.6 is 0 Å². The van der Waals surface area contributed by atoms with Crippen LogP contribution in [0.3, 0.4) is 0 Å². The van der Waals surface area contributed by atoms with E-state index in [1.165, 1.54) is 9.87 Å². The van der Waals surface area contributed by atoms with Crippen molar-refractivity contribution in [1.82, 2.24) is 8.71 Å². The summed E-state index contributed by atoms with van der Waals surface area (Å²) >= 11 is 0. The van der Waals surface area contributed by atoms with Gasteiger partial charge in [0.05, 0.1) is 21.9 Å². The predicted molar refractivity (Wildman–Crippen MR) is 122 cm³/mol. The highest BCUT2D eigenvalue weighted by molar-refractivity contribution is 7.89. The summed E-state index contributed by atoms with van der Waals surface area (Å²) in [6, 6.07) is 13.2. The lowest BCUT2D eigenvalue weighted by Gasteiger charge is -2.30. The molecule has 0 unspecified atom stereocenters. The standard InChI is InChI=1S/C25H25N3O4S/c26-15-23-21(16-27-11-2-1-6-24(23)27)17-32-25(29)19-9-12-28(13-10-19)33(30,31)22-8-7-18-4-3-5-20(18)14-22/h1-2,6-8,11,14,16,19H,3-5,9-10,12-13,17H2. The van der Waals surface area contributed by atoms with Gasteiger partial charge in [0.2, 0.25) is 10.0 Å². The van der Waals surface area contributed by atoms with Crippen LogP contribution in [-0.2, 0) is 39.0 Å². The first-order chi connectivity index (χ1) is 16.0. The highest BCUT2D eigenvalue weighted by Crippen LogP contribution is 2.29. The van der Waals surface area contributed by atoms with Gasteiger partial charge in [0.25, 0.3) is 0 Å². The molecule has 1 aromatic carbocycles. The van der Waals surface area contributed by atoms with Crippen molar-refractivity contribution < 1.29 is 17.9 Å². The molecule has 1 aliphatic carbocycles. The number of carbonyl (C=O) groups is 1. The number of piperidine rings is 1. The molecule has 0 saturated carbocycles. The van der Waals surface area contributed by atoms with Gasteiger partial charge in [0.1, 0.15) is 12.7 Å². The van der Waals surface area contributed by atoms with Crippen LogP contribution in [0, 0.1) is 17.2 Å². The Morgan fingerprint density at radius 2 is 1.91 bits per heavy atom. The number of pyridine rings is 1. The molecule has 2 aromatic heterocycles. The number of fused-ring (bicyclic) bond motifs is 2. The highest BCUT2D eigenvalue weighted by atomic mass is 32.2. The van der Waals surface area contributed by atoms with E-state index in [2.05, 4.69) is 6.07 Å².